The van der Waals surface area contributed by atoms with Crippen LogP contribution in [0.3, 0.4) is 0 Å². The second-order valence-electron chi connectivity index (χ2n) is 8.24. The summed E-state index contributed by atoms with van der Waals surface area (Å²) in [7, 11) is 0. The molecule has 2 atom stereocenters. The van der Waals surface area contributed by atoms with Crippen LogP contribution in [0, 0.1) is 5.41 Å². The summed E-state index contributed by atoms with van der Waals surface area (Å²) in [4.78, 5) is 18.2. The van der Waals surface area contributed by atoms with E-state index in [0.717, 1.165) is 17.9 Å². The Kier molecular flexibility index (Phi) is 3.87. The first-order valence-corrected chi connectivity index (χ1v) is 9.21. The summed E-state index contributed by atoms with van der Waals surface area (Å²) in [5.41, 5.74) is 2.06. The zero-order valence-corrected chi connectivity index (χ0v) is 15.8. The third-order valence-corrected chi connectivity index (χ3v) is 5.49. The highest BCUT2D eigenvalue weighted by Crippen LogP contribution is 2.37. The maximum Gasteiger partial charge on any atom is 0.280 e. The fourth-order valence-electron chi connectivity index (χ4n) is 3.36. The summed E-state index contributed by atoms with van der Waals surface area (Å²) >= 11 is 0. The molecule has 0 saturated carbocycles. The SMILES string of the molecule is CC(c1nc2ccccc2c(=O)n1N1C[C@@H]1c1ccccc1)C(C)(C)C. The number of hydrogen-bond donors (Lipinski definition) is 0. The highest BCUT2D eigenvalue weighted by molar-refractivity contribution is 5.77. The van der Waals surface area contributed by atoms with Crippen molar-refractivity contribution in [3.05, 3.63) is 76.3 Å². The number of rotatable bonds is 3. The zero-order valence-electron chi connectivity index (χ0n) is 15.8. The van der Waals surface area contributed by atoms with Crippen molar-refractivity contribution < 1.29 is 0 Å². The van der Waals surface area contributed by atoms with Crippen LogP contribution in [0.5, 0.6) is 0 Å². The van der Waals surface area contributed by atoms with Crippen LogP contribution in [-0.2, 0) is 0 Å². The van der Waals surface area contributed by atoms with Crippen molar-refractivity contribution in [2.45, 2.75) is 39.7 Å². The van der Waals surface area contributed by atoms with Crippen molar-refractivity contribution >= 4 is 10.9 Å². The summed E-state index contributed by atoms with van der Waals surface area (Å²) in [5.74, 6) is 0.997. The van der Waals surface area contributed by atoms with Gasteiger partial charge in [-0.1, -0.05) is 70.2 Å². The molecule has 0 spiro atoms. The minimum absolute atomic E-state index is 0.0158. The maximum absolute atomic E-state index is 13.3. The van der Waals surface area contributed by atoms with E-state index >= 15 is 0 Å². The summed E-state index contributed by atoms with van der Waals surface area (Å²) in [5, 5.41) is 2.81. The third kappa shape index (κ3) is 2.79. The van der Waals surface area contributed by atoms with Gasteiger partial charge in [0.1, 0.15) is 5.82 Å². The van der Waals surface area contributed by atoms with Gasteiger partial charge in [0.15, 0.2) is 0 Å². The third-order valence-electron chi connectivity index (χ3n) is 5.49. The Morgan fingerprint density at radius 2 is 1.69 bits per heavy atom. The van der Waals surface area contributed by atoms with E-state index in [0.29, 0.717) is 5.39 Å². The van der Waals surface area contributed by atoms with Crippen LogP contribution < -0.4 is 10.6 Å². The van der Waals surface area contributed by atoms with Crippen LogP contribution >= 0.6 is 0 Å². The molecule has 4 nitrogen and oxygen atoms in total. The van der Waals surface area contributed by atoms with Gasteiger partial charge in [0.05, 0.1) is 23.5 Å². The summed E-state index contributed by atoms with van der Waals surface area (Å²) in [6, 6.07) is 18.2. The van der Waals surface area contributed by atoms with E-state index in [-0.39, 0.29) is 22.9 Å². The molecule has 0 radical (unpaired) electrons. The van der Waals surface area contributed by atoms with E-state index < -0.39 is 0 Å². The number of fused-ring (bicyclic) bond motifs is 1. The molecule has 26 heavy (non-hydrogen) atoms. The van der Waals surface area contributed by atoms with Gasteiger partial charge in [-0.15, -0.1) is 0 Å². The molecule has 1 aliphatic heterocycles. The molecule has 2 aromatic carbocycles. The standard InChI is InChI=1S/C22H25N3O/c1-15(22(2,3)4)20-23-18-13-9-8-12-17(18)21(26)25(20)24-14-19(24)16-10-6-5-7-11-16/h5-13,15,19H,14H2,1-4H3/t15?,19-,24?/m1/s1. The first-order valence-electron chi connectivity index (χ1n) is 9.21. The molecular formula is C22H25N3O. The molecule has 3 aromatic rings. The van der Waals surface area contributed by atoms with Crippen LogP contribution in [0.4, 0.5) is 0 Å². The number of hydrogen-bond acceptors (Lipinski definition) is 3. The van der Waals surface area contributed by atoms with Crippen molar-refractivity contribution in [1.82, 2.24) is 9.66 Å². The number of benzene rings is 2. The Balaban J connectivity index is 1.88. The fraction of sp³-hybridized carbons (Fsp3) is 0.364. The fourth-order valence-corrected chi connectivity index (χ4v) is 3.36. The lowest BCUT2D eigenvalue weighted by molar-refractivity contribution is 0.319. The molecule has 2 heterocycles. The molecular weight excluding hydrogens is 322 g/mol. The molecule has 4 heteroatoms. The van der Waals surface area contributed by atoms with E-state index in [9.17, 15) is 4.79 Å². The van der Waals surface area contributed by atoms with Crippen molar-refractivity contribution in [2.75, 3.05) is 11.6 Å². The summed E-state index contributed by atoms with van der Waals surface area (Å²) in [6.07, 6.45) is 0. The molecule has 1 aromatic heterocycles. The van der Waals surface area contributed by atoms with Crippen LogP contribution in [0.1, 0.15) is 51.0 Å². The van der Waals surface area contributed by atoms with E-state index in [4.69, 9.17) is 4.98 Å². The normalized spacial score (nSPS) is 18.2. The molecule has 134 valence electrons. The molecule has 0 aliphatic carbocycles. The average molecular weight is 347 g/mol. The smallest absolute Gasteiger partial charge is 0.280 e. The molecule has 1 fully saturated rings. The Labute approximate surface area is 154 Å². The van der Waals surface area contributed by atoms with E-state index in [1.807, 2.05) is 47.1 Å². The molecule has 0 N–H and O–H groups in total. The predicted octanol–water partition coefficient (Wildman–Crippen LogP) is 4.24. The Morgan fingerprint density at radius 3 is 2.38 bits per heavy atom. The monoisotopic (exact) mass is 347 g/mol. The molecule has 0 amide bonds. The first kappa shape index (κ1) is 16.8. The lowest BCUT2D eigenvalue weighted by Crippen LogP contribution is -2.36. The molecule has 1 unspecified atom stereocenters. The Hall–Kier alpha value is -2.62. The van der Waals surface area contributed by atoms with Gasteiger partial charge in [0.25, 0.3) is 5.56 Å². The highest BCUT2D eigenvalue weighted by Gasteiger charge is 2.40. The molecule has 0 bridgehead atoms. The van der Waals surface area contributed by atoms with Crippen molar-refractivity contribution in [1.29, 1.82) is 0 Å². The Bertz CT molecular complexity index is 1000. The minimum Gasteiger partial charge on any atom is -0.297 e. The van der Waals surface area contributed by atoms with E-state index in [1.54, 1.807) is 0 Å². The first-order chi connectivity index (χ1) is 12.4. The van der Waals surface area contributed by atoms with Crippen LogP contribution in [0.15, 0.2) is 59.4 Å². The van der Waals surface area contributed by atoms with Gasteiger partial charge < -0.3 is 0 Å². The average Bonchev–Trinajstić information content (AvgIpc) is 3.41. The lowest BCUT2D eigenvalue weighted by Gasteiger charge is -2.29. The van der Waals surface area contributed by atoms with Crippen molar-refractivity contribution in [2.24, 2.45) is 5.41 Å². The van der Waals surface area contributed by atoms with Gasteiger partial charge in [-0.3, -0.25) is 9.80 Å². The summed E-state index contributed by atoms with van der Waals surface area (Å²) < 4.78 is 1.83. The largest absolute Gasteiger partial charge is 0.297 e. The zero-order chi connectivity index (χ0) is 18.5. The van der Waals surface area contributed by atoms with Gasteiger partial charge >= 0.3 is 0 Å². The van der Waals surface area contributed by atoms with E-state index in [1.165, 1.54) is 5.56 Å². The van der Waals surface area contributed by atoms with Crippen LogP contribution in [0.25, 0.3) is 10.9 Å². The lowest BCUT2D eigenvalue weighted by atomic mass is 9.81. The number of para-hydroxylation sites is 1. The summed E-state index contributed by atoms with van der Waals surface area (Å²) in [6.45, 7) is 9.59. The highest BCUT2D eigenvalue weighted by atomic mass is 16.1. The maximum atomic E-state index is 13.3. The number of nitrogens with zero attached hydrogens (tertiary/aromatic N) is 3. The van der Waals surface area contributed by atoms with Crippen LogP contribution in [0.2, 0.25) is 0 Å². The van der Waals surface area contributed by atoms with Gasteiger partial charge in [-0.25, -0.2) is 9.66 Å². The second-order valence-corrected chi connectivity index (χ2v) is 8.24. The molecule has 1 aliphatic rings. The molecule has 1 saturated heterocycles. The predicted molar refractivity (Wildman–Crippen MR) is 106 cm³/mol. The van der Waals surface area contributed by atoms with Gasteiger partial charge in [0.2, 0.25) is 0 Å². The van der Waals surface area contributed by atoms with Crippen LogP contribution in [-0.4, -0.2) is 16.2 Å². The quantitative estimate of drug-likeness (QED) is 0.665. The van der Waals surface area contributed by atoms with Gasteiger partial charge in [0, 0.05) is 5.92 Å². The van der Waals surface area contributed by atoms with Crippen molar-refractivity contribution in [3.63, 3.8) is 0 Å². The van der Waals surface area contributed by atoms with Gasteiger partial charge in [-0.05, 0) is 23.1 Å². The Morgan fingerprint density at radius 1 is 1.04 bits per heavy atom. The second kappa shape index (κ2) is 5.97. The number of aromatic nitrogens is 2. The molecule has 4 rings (SSSR count). The topological polar surface area (TPSA) is 37.9 Å². The van der Waals surface area contributed by atoms with Crippen molar-refractivity contribution in [3.8, 4) is 0 Å². The van der Waals surface area contributed by atoms with Gasteiger partial charge in [-0.2, -0.15) is 0 Å². The van der Waals surface area contributed by atoms with E-state index in [2.05, 4.69) is 44.8 Å². The minimum atomic E-state index is 0.0158.